The van der Waals surface area contributed by atoms with Gasteiger partial charge in [0.25, 0.3) is 0 Å². The number of rotatable bonds is 2. The first kappa shape index (κ1) is 16.2. The van der Waals surface area contributed by atoms with Gasteiger partial charge >= 0.3 is 0 Å². The summed E-state index contributed by atoms with van der Waals surface area (Å²) in [6, 6.07) is 8.92. The Hall–Kier alpha value is -2.16. The Kier molecular flexibility index (Phi) is 4.36. The lowest BCUT2D eigenvalue weighted by atomic mass is 9.83. The van der Waals surface area contributed by atoms with Gasteiger partial charge in [-0.25, -0.2) is 0 Å². The number of hydrogen-bond acceptors (Lipinski definition) is 2. The van der Waals surface area contributed by atoms with E-state index in [0.29, 0.717) is 21.8 Å². The van der Waals surface area contributed by atoms with Crippen molar-refractivity contribution in [2.75, 3.05) is 0 Å². The summed E-state index contributed by atoms with van der Waals surface area (Å²) < 4.78 is 0. The van der Waals surface area contributed by atoms with Crippen molar-refractivity contribution in [2.24, 2.45) is 5.11 Å². The molecule has 0 aliphatic rings. The molecule has 4 nitrogen and oxygen atoms in total. The number of aromatic hydroxyl groups is 1. The molecular weight excluding hydrogens is 298 g/mol. The van der Waals surface area contributed by atoms with Gasteiger partial charge in [-0.05, 0) is 47.2 Å². The average Bonchev–Trinajstić information content (AvgIpc) is 2.41. The maximum Gasteiger partial charge on any atom is 0.127 e. The van der Waals surface area contributed by atoms with Crippen LogP contribution in [0.2, 0.25) is 5.02 Å². The molecule has 0 heterocycles. The van der Waals surface area contributed by atoms with Gasteiger partial charge in [-0.1, -0.05) is 49.6 Å². The molecule has 0 spiro atoms. The molecule has 0 unspecified atom stereocenters. The summed E-state index contributed by atoms with van der Waals surface area (Å²) in [6.07, 6.45) is 0. The molecule has 0 atom stereocenters. The summed E-state index contributed by atoms with van der Waals surface area (Å²) >= 11 is 5.97. The summed E-state index contributed by atoms with van der Waals surface area (Å²) in [7, 11) is 0. The summed E-state index contributed by atoms with van der Waals surface area (Å²) in [5, 5.41) is 14.9. The van der Waals surface area contributed by atoms with Crippen molar-refractivity contribution in [3.63, 3.8) is 0 Å². The Labute approximate surface area is 135 Å². The van der Waals surface area contributed by atoms with Crippen LogP contribution >= 0.6 is 11.6 Å². The minimum absolute atomic E-state index is 0.198. The number of hydrogen-bond donors (Lipinski definition) is 1. The van der Waals surface area contributed by atoms with Crippen LogP contribution in [0.3, 0.4) is 0 Å². The van der Waals surface area contributed by atoms with E-state index in [2.05, 4.69) is 10.0 Å². The Morgan fingerprint density at radius 2 is 1.82 bits per heavy atom. The van der Waals surface area contributed by atoms with Gasteiger partial charge in [0.05, 0.1) is 0 Å². The quantitative estimate of drug-likeness (QED) is 0.396. The standard InChI is InChI=1S/C17H18ClN3O/c1-10-7-13(16(22)14(8-10)17(2,3)4)12-6-5-11(18)9-15(12)20-21-19/h5-9,22H,1-4H3. The fraction of sp³-hybridized carbons (Fsp3) is 0.294. The zero-order chi connectivity index (χ0) is 16.5. The van der Waals surface area contributed by atoms with Gasteiger partial charge in [0, 0.05) is 26.7 Å². The van der Waals surface area contributed by atoms with Crippen molar-refractivity contribution in [1.29, 1.82) is 0 Å². The smallest absolute Gasteiger partial charge is 0.127 e. The molecule has 0 saturated heterocycles. The van der Waals surface area contributed by atoms with E-state index >= 15 is 0 Å². The maximum absolute atomic E-state index is 10.7. The lowest BCUT2D eigenvalue weighted by molar-refractivity contribution is 0.448. The van der Waals surface area contributed by atoms with Gasteiger partial charge in [-0.2, -0.15) is 0 Å². The van der Waals surface area contributed by atoms with Crippen molar-refractivity contribution in [2.45, 2.75) is 33.1 Å². The second kappa shape index (κ2) is 5.91. The zero-order valence-corrected chi connectivity index (χ0v) is 13.8. The number of nitrogens with zero attached hydrogens (tertiary/aromatic N) is 3. The number of azide groups is 1. The van der Waals surface area contributed by atoms with E-state index in [4.69, 9.17) is 17.1 Å². The van der Waals surface area contributed by atoms with Crippen molar-refractivity contribution in [3.8, 4) is 16.9 Å². The Bertz CT molecular complexity index is 772. The van der Waals surface area contributed by atoms with Crippen LogP contribution in [0.5, 0.6) is 5.75 Å². The molecule has 2 rings (SSSR count). The first-order valence-corrected chi connectivity index (χ1v) is 7.31. The number of benzene rings is 2. The fourth-order valence-electron chi connectivity index (χ4n) is 2.42. The van der Waals surface area contributed by atoms with Gasteiger partial charge in [-0.3, -0.25) is 0 Å². The van der Waals surface area contributed by atoms with Crippen molar-refractivity contribution >= 4 is 17.3 Å². The highest BCUT2D eigenvalue weighted by molar-refractivity contribution is 6.31. The molecule has 114 valence electrons. The van der Waals surface area contributed by atoms with Crippen LogP contribution in [0.25, 0.3) is 21.6 Å². The molecule has 5 heteroatoms. The largest absolute Gasteiger partial charge is 0.507 e. The molecule has 22 heavy (non-hydrogen) atoms. The molecular formula is C17H18ClN3O. The molecule has 0 radical (unpaired) electrons. The molecule has 0 aliphatic carbocycles. The van der Waals surface area contributed by atoms with Crippen LogP contribution in [0.15, 0.2) is 35.4 Å². The van der Waals surface area contributed by atoms with E-state index in [1.807, 2.05) is 39.8 Å². The van der Waals surface area contributed by atoms with Crippen molar-refractivity contribution in [3.05, 3.63) is 56.9 Å². The Morgan fingerprint density at radius 3 is 2.41 bits per heavy atom. The van der Waals surface area contributed by atoms with Crippen LogP contribution in [-0.4, -0.2) is 5.11 Å². The highest BCUT2D eigenvalue weighted by Crippen LogP contribution is 2.43. The highest BCUT2D eigenvalue weighted by atomic mass is 35.5. The van der Waals surface area contributed by atoms with E-state index in [-0.39, 0.29) is 11.2 Å². The van der Waals surface area contributed by atoms with Crippen LogP contribution in [-0.2, 0) is 5.41 Å². The molecule has 2 aromatic rings. The Morgan fingerprint density at radius 1 is 1.14 bits per heavy atom. The van der Waals surface area contributed by atoms with E-state index in [1.54, 1.807) is 18.2 Å². The third-order valence-corrected chi connectivity index (χ3v) is 3.70. The predicted octanol–water partition coefficient (Wildman–Crippen LogP) is 6.26. The summed E-state index contributed by atoms with van der Waals surface area (Å²) in [5.41, 5.74) is 12.1. The molecule has 0 amide bonds. The number of aryl methyl sites for hydroxylation is 1. The van der Waals surface area contributed by atoms with Gasteiger partial charge in [-0.15, -0.1) is 0 Å². The third kappa shape index (κ3) is 3.19. The molecule has 0 bridgehead atoms. The van der Waals surface area contributed by atoms with Crippen LogP contribution in [0, 0.1) is 6.92 Å². The zero-order valence-electron chi connectivity index (χ0n) is 13.1. The molecule has 2 aromatic carbocycles. The number of halogens is 1. The Balaban J connectivity index is 2.79. The highest BCUT2D eigenvalue weighted by Gasteiger charge is 2.22. The minimum atomic E-state index is -0.198. The van der Waals surface area contributed by atoms with Gasteiger partial charge in [0.1, 0.15) is 5.75 Å². The monoisotopic (exact) mass is 315 g/mol. The third-order valence-electron chi connectivity index (χ3n) is 3.46. The van der Waals surface area contributed by atoms with Gasteiger partial charge in [0.2, 0.25) is 0 Å². The second-order valence-corrected chi connectivity index (χ2v) is 6.75. The van der Waals surface area contributed by atoms with E-state index in [0.717, 1.165) is 11.1 Å². The van der Waals surface area contributed by atoms with Crippen LogP contribution in [0.4, 0.5) is 5.69 Å². The first-order valence-electron chi connectivity index (χ1n) is 6.93. The number of phenols is 1. The fourth-order valence-corrected chi connectivity index (χ4v) is 2.59. The molecule has 0 saturated carbocycles. The molecule has 0 aliphatic heterocycles. The normalized spacial score (nSPS) is 11.1. The topological polar surface area (TPSA) is 69.0 Å². The summed E-state index contributed by atoms with van der Waals surface area (Å²) in [4.78, 5) is 2.84. The SMILES string of the molecule is Cc1cc(-c2ccc(Cl)cc2N=[N+]=[N-])c(O)c(C(C)(C)C)c1. The number of phenolic OH excluding ortho intramolecular Hbond substituents is 1. The van der Waals surface area contributed by atoms with Crippen LogP contribution in [0.1, 0.15) is 31.9 Å². The summed E-state index contributed by atoms with van der Waals surface area (Å²) in [5.74, 6) is 0.204. The van der Waals surface area contributed by atoms with Gasteiger partial charge < -0.3 is 5.11 Å². The van der Waals surface area contributed by atoms with Gasteiger partial charge in [0.15, 0.2) is 0 Å². The summed E-state index contributed by atoms with van der Waals surface area (Å²) in [6.45, 7) is 8.10. The van der Waals surface area contributed by atoms with Crippen molar-refractivity contribution in [1.82, 2.24) is 0 Å². The predicted molar refractivity (Wildman–Crippen MR) is 90.8 cm³/mol. The molecule has 0 fully saturated rings. The average molecular weight is 316 g/mol. The van der Waals surface area contributed by atoms with Crippen molar-refractivity contribution < 1.29 is 5.11 Å². The van der Waals surface area contributed by atoms with E-state index in [1.165, 1.54) is 0 Å². The lowest BCUT2D eigenvalue weighted by Gasteiger charge is -2.23. The van der Waals surface area contributed by atoms with E-state index < -0.39 is 0 Å². The first-order chi connectivity index (χ1) is 10.2. The van der Waals surface area contributed by atoms with E-state index in [9.17, 15) is 5.11 Å². The minimum Gasteiger partial charge on any atom is -0.507 e. The second-order valence-electron chi connectivity index (χ2n) is 6.31. The molecule has 1 N–H and O–H groups in total. The van der Waals surface area contributed by atoms with Crippen LogP contribution < -0.4 is 0 Å². The maximum atomic E-state index is 10.7. The lowest BCUT2D eigenvalue weighted by Crippen LogP contribution is -2.12. The molecule has 0 aromatic heterocycles.